The summed E-state index contributed by atoms with van der Waals surface area (Å²) in [4.78, 5) is 43.0. The minimum absolute atomic E-state index is 0.116. The molecule has 10 heteroatoms. The van der Waals surface area contributed by atoms with Gasteiger partial charge in [-0.1, -0.05) is 59.6 Å². The molecule has 162 valence electrons. The number of amides is 4. The van der Waals surface area contributed by atoms with E-state index in [1.54, 1.807) is 36.5 Å². The quantitative estimate of drug-likeness (QED) is 0.394. The van der Waals surface area contributed by atoms with Gasteiger partial charge < -0.3 is 10.6 Å². The Morgan fingerprint density at radius 2 is 1.94 bits per heavy atom. The number of hydrogen-bond acceptors (Lipinski definition) is 5. The molecule has 0 saturated carbocycles. The van der Waals surface area contributed by atoms with Gasteiger partial charge >= 0.3 is 6.03 Å². The van der Waals surface area contributed by atoms with E-state index >= 15 is 0 Å². The standard InChI is InChI=1S/C22H16Cl2N4O3S/c23-15-7-6-14(17(24)10-15)9-16-11-25-21(32-16)27-19(29)12-28-20(30)18(26-22(28)31)8-13-4-2-1-3-5-13/h1-8,10-11H,9,12H2,(H,26,31)(H,25,27,29)/b18-8-. The second-order valence-corrected chi connectivity index (χ2v) is 8.84. The lowest BCUT2D eigenvalue weighted by atomic mass is 10.1. The van der Waals surface area contributed by atoms with Gasteiger partial charge in [0.2, 0.25) is 5.91 Å². The lowest BCUT2D eigenvalue weighted by Gasteiger charge is -2.10. The first-order valence-electron chi connectivity index (χ1n) is 9.47. The van der Waals surface area contributed by atoms with Gasteiger partial charge in [-0.05, 0) is 29.3 Å². The number of carbonyl (C=O) groups excluding carboxylic acids is 3. The van der Waals surface area contributed by atoms with E-state index in [0.29, 0.717) is 21.6 Å². The van der Waals surface area contributed by atoms with E-state index in [0.717, 1.165) is 20.9 Å². The molecule has 0 radical (unpaired) electrons. The number of thiazole rings is 1. The van der Waals surface area contributed by atoms with Crippen molar-refractivity contribution in [3.8, 4) is 0 Å². The number of rotatable bonds is 6. The monoisotopic (exact) mass is 486 g/mol. The average Bonchev–Trinajstić information content (AvgIpc) is 3.30. The number of urea groups is 1. The Morgan fingerprint density at radius 1 is 1.16 bits per heavy atom. The van der Waals surface area contributed by atoms with Crippen LogP contribution in [0.15, 0.2) is 60.4 Å². The molecule has 1 aromatic heterocycles. The molecule has 0 atom stereocenters. The van der Waals surface area contributed by atoms with E-state index < -0.39 is 24.4 Å². The molecule has 1 fully saturated rings. The third-order valence-corrected chi connectivity index (χ3v) is 6.05. The number of hydrogen-bond donors (Lipinski definition) is 2. The molecule has 4 rings (SSSR count). The summed E-state index contributed by atoms with van der Waals surface area (Å²) < 4.78 is 0. The van der Waals surface area contributed by atoms with E-state index in [1.165, 1.54) is 11.3 Å². The highest BCUT2D eigenvalue weighted by atomic mass is 35.5. The molecule has 7 nitrogen and oxygen atoms in total. The minimum Gasteiger partial charge on any atom is -0.303 e. The number of nitrogens with zero attached hydrogens (tertiary/aromatic N) is 2. The van der Waals surface area contributed by atoms with Gasteiger partial charge in [-0.2, -0.15) is 0 Å². The second kappa shape index (κ2) is 9.52. The number of halogens is 2. The summed E-state index contributed by atoms with van der Waals surface area (Å²) in [6.45, 7) is -0.422. The second-order valence-electron chi connectivity index (χ2n) is 6.88. The summed E-state index contributed by atoms with van der Waals surface area (Å²) >= 11 is 13.4. The van der Waals surface area contributed by atoms with Crippen LogP contribution in [0.4, 0.5) is 9.93 Å². The van der Waals surface area contributed by atoms with Gasteiger partial charge in [0.15, 0.2) is 5.13 Å². The van der Waals surface area contributed by atoms with E-state index in [1.807, 2.05) is 24.3 Å². The van der Waals surface area contributed by atoms with Crippen LogP contribution >= 0.6 is 34.5 Å². The third kappa shape index (κ3) is 5.16. The average molecular weight is 487 g/mol. The number of benzene rings is 2. The molecule has 0 bridgehead atoms. The fraction of sp³-hybridized carbons (Fsp3) is 0.0909. The zero-order valence-corrected chi connectivity index (χ0v) is 18.8. The number of nitrogens with one attached hydrogen (secondary N) is 2. The lowest BCUT2D eigenvalue weighted by molar-refractivity contribution is -0.127. The SMILES string of the molecule is O=C(CN1C(=O)N/C(=C\c2ccccc2)C1=O)Nc1ncc(Cc2ccc(Cl)cc2Cl)s1. The van der Waals surface area contributed by atoms with Crippen molar-refractivity contribution in [3.05, 3.63) is 86.5 Å². The summed E-state index contributed by atoms with van der Waals surface area (Å²) in [7, 11) is 0. The fourth-order valence-electron chi connectivity index (χ4n) is 3.03. The van der Waals surface area contributed by atoms with Crippen LogP contribution in [0.1, 0.15) is 16.0 Å². The Morgan fingerprint density at radius 3 is 2.69 bits per heavy atom. The van der Waals surface area contributed by atoms with Crippen LogP contribution in [0.5, 0.6) is 0 Å². The van der Waals surface area contributed by atoms with Gasteiger partial charge in [0.25, 0.3) is 5.91 Å². The molecular formula is C22H16Cl2N4O3S. The van der Waals surface area contributed by atoms with Crippen LogP contribution in [-0.4, -0.2) is 34.3 Å². The maximum atomic E-state index is 12.5. The summed E-state index contributed by atoms with van der Waals surface area (Å²) in [5, 5.41) is 6.59. The summed E-state index contributed by atoms with van der Waals surface area (Å²) in [6, 6.07) is 13.7. The molecule has 1 saturated heterocycles. The molecule has 3 aromatic rings. The molecule has 0 spiro atoms. The van der Waals surface area contributed by atoms with Crippen LogP contribution < -0.4 is 10.6 Å². The topological polar surface area (TPSA) is 91.4 Å². The van der Waals surface area contributed by atoms with E-state index in [-0.39, 0.29) is 5.70 Å². The summed E-state index contributed by atoms with van der Waals surface area (Å²) in [5.74, 6) is -1.09. The normalized spacial score (nSPS) is 14.7. The molecule has 2 N–H and O–H groups in total. The van der Waals surface area contributed by atoms with Crippen molar-refractivity contribution in [2.45, 2.75) is 6.42 Å². The van der Waals surface area contributed by atoms with Gasteiger partial charge in [0, 0.05) is 27.5 Å². The summed E-state index contributed by atoms with van der Waals surface area (Å²) in [6.07, 6.45) is 3.73. The highest BCUT2D eigenvalue weighted by Crippen LogP contribution is 2.27. The molecule has 0 unspecified atom stereocenters. The number of anilines is 1. The lowest BCUT2D eigenvalue weighted by Crippen LogP contribution is -2.38. The molecule has 1 aliphatic heterocycles. The highest BCUT2D eigenvalue weighted by molar-refractivity contribution is 7.15. The van der Waals surface area contributed by atoms with E-state index in [2.05, 4.69) is 15.6 Å². The Labute approximate surface area is 197 Å². The smallest absolute Gasteiger partial charge is 0.303 e. The number of aromatic nitrogens is 1. The van der Waals surface area contributed by atoms with Crippen molar-refractivity contribution in [3.63, 3.8) is 0 Å². The van der Waals surface area contributed by atoms with Crippen molar-refractivity contribution < 1.29 is 14.4 Å². The van der Waals surface area contributed by atoms with Crippen LogP contribution in [0, 0.1) is 0 Å². The molecule has 1 aliphatic rings. The molecule has 2 heterocycles. The van der Waals surface area contributed by atoms with Crippen molar-refractivity contribution in [2.24, 2.45) is 0 Å². The fourth-order valence-corrected chi connectivity index (χ4v) is 4.36. The molecular weight excluding hydrogens is 471 g/mol. The Hall–Kier alpha value is -3.20. The zero-order chi connectivity index (χ0) is 22.7. The first-order chi connectivity index (χ1) is 15.4. The largest absolute Gasteiger partial charge is 0.329 e. The molecule has 32 heavy (non-hydrogen) atoms. The number of carbonyl (C=O) groups is 3. The van der Waals surface area contributed by atoms with Crippen LogP contribution in [-0.2, 0) is 16.0 Å². The molecule has 4 amide bonds. The predicted molar refractivity (Wildman–Crippen MR) is 125 cm³/mol. The van der Waals surface area contributed by atoms with Crippen LogP contribution in [0.25, 0.3) is 6.08 Å². The van der Waals surface area contributed by atoms with Crippen molar-refractivity contribution in [1.82, 2.24) is 15.2 Å². The Balaban J connectivity index is 1.37. The Kier molecular flexibility index (Phi) is 6.55. The van der Waals surface area contributed by atoms with Crippen molar-refractivity contribution in [2.75, 3.05) is 11.9 Å². The van der Waals surface area contributed by atoms with E-state index in [4.69, 9.17) is 23.2 Å². The van der Waals surface area contributed by atoms with Crippen LogP contribution in [0.2, 0.25) is 10.0 Å². The molecule has 2 aromatic carbocycles. The van der Waals surface area contributed by atoms with Gasteiger partial charge in [-0.15, -0.1) is 11.3 Å². The van der Waals surface area contributed by atoms with Crippen molar-refractivity contribution in [1.29, 1.82) is 0 Å². The van der Waals surface area contributed by atoms with Gasteiger partial charge in [-0.25, -0.2) is 14.7 Å². The maximum absolute atomic E-state index is 12.5. The third-order valence-electron chi connectivity index (χ3n) is 4.55. The minimum atomic E-state index is -0.649. The van der Waals surface area contributed by atoms with Gasteiger partial charge in [0.05, 0.1) is 0 Å². The zero-order valence-electron chi connectivity index (χ0n) is 16.5. The first-order valence-corrected chi connectivity index (χ1v) is 11.0. The maximum Gasteiger partial charge on any atom is 0.329 e. The van der Waals surface area contributed by atoms with Crippen LogP contribution in [0.3, 0.4) is 0 Å². The van der Waals surface area contributed by atoms with E-state index in [9.17, 15) is 14.4 Å². The number of imide groups is 1. The highest BCUT2D eigenvalue weighted by Gasteiger charge is 2.35. The predicted octanol–water partition coefficient (Wildman–Crippen LogP) is 4.57. The Bertz CT molecular complexity index is 1230. The first kappa shape index (κ1) is 22.0. The van der Waals surface area contributed by atoms with Crippen molar-refractivity contribution >= 4 is 63.6 Å². The van der Waals surface area contributed by atoms with Gasteiger partial charge in [-0.3, -0.25) is 9.59 Å². The molecule has 0 aliphatic carbocycles. The summed E-state index contributed by atoms with van der Waals surface area (Å²) in [5.41, 5.74) is 1.76. The van der Waals surface area contributed by atoms with Gasteiger partial charge in [0.1, 0.15) is 12.2 Å².